The van der Waals surface area contributed by atoms with Gasteiger partial charge in [-0.3, -0.25) is 4.79 Å². The summed E-state index contributed by atoms with van der Waals surface area (Å²) in [5.74, 6) is 0.271. The first-order valence-electron chi connectivity index (χ1n) is 10.7. The Balaban J connectivity index is 1.39. The van der Waals surface area contributed by atoms with Gasteiger partial charge in [0, 0.05) is 18.5 Å². The van der Waals surface area contributed by atoms with Crippen LogP contribution >= 0.6 is 11.3 Å². The Morgan fingerprint density at radius 2 is 2.03 bits per heavy atom. The number of piperidine rings is 1. The summed E-state index contributed by atoms with van der Waals surface area (Å²) in [6, 6.07) is 8.23. The van der Waals surface area contributed by atoms with Crippen LogP contribution < -0.4 is 5.32 Å². The lowest BCUT2D eigenvalue weighted by molar-refractivity contribution is -0.127. The van der Waals surface area contributed by atoms with E-state index >= 15 is 0 Å². The molecule has 3 aromatic heterocycles. The average molecular weight is 435 g/mol. The predicted molar refractivity (Wildman–Crippen MR) is 124 cm³/mol. The summed E-state index contributed by atoms with van der Waals surface area (Å²) in [7, 11) is 4.09. The van der Waals surface area contributed by atoms with Crippen molar-refractivity contribution in [3.8, 4) is 10.6 Å². The van der Waals surface area contributed by atoms with Gasteiger partial charge >= 0.3 is 0 Å². The molecule has 1 N–H and O–H groups in total. The van der Waals surface area contributed by atoms with Gasteiger partial charge in [0.15, 0.2) is 0 Å². The fourth-order valence-corrected chi connectivity index (χ4v) is 5.16. The zero-order valence-electron chi connectivity index (χ0n) is 18.0. The monoisotopic (exact) mass is 434 g/mol. The van der Waals surface area contributed by atoms with Crippen molar-refractivity contribution in [2.24, 2.45) is 13.0 Å². The van der Waals surface area contributed by atoms with E-state index in [0.29, 0.717) is 0 Å². The lowest BCUT2D eigenvalue weighted by Crippen LogP contribution is -2.39. The Morgan fingerprint density at radius 1 is 1.23 bits per heavy atom. The summed E-state index contributed by atoms with van der Waals surface area (Å²) in [5.41, 5.74) is 4.85. The summed E-state index contributed by atoms with van der Waals surface area (Å²) >= 11 is 1.58. The first-order valence-corrected chi connectivity index (χ1v) is 11.5. The quantitative estimate of drug-likeness (QED) is 0.529. The summed E-state index contributed by atoms with van der Waals surface area (Å²) in [6.07, 6.45) is 5.45. The van der Waals surface area contributed by atoms with E-state index < -0.39 is 0 Å². The minimum absolute atomic E-state index is 0.0524. The second-order valence-electron chi connectivity index (χ2n) is 8.45. The molecule has 1 fully saturated rings. The van der Waals surface area contributed by atoms with Gasteiger partial charge in [-0.2, -0.15) is 0 Å². The van der Waals surface area contributed by atoms with Crippen LogP contribution in [0, 0.1) is 5.92 Å². The molecule has 0 aliphatic carbocycles. The number of nitrogens with one attached hydrogen (secondary N) is 1. The molecule has 0 spiro atoms. The van der Waals surface area contributed by atoms with Crippen LogP contribution in [-0.4, -0.2) is 50.5 Å². The molecule has 7 nitrogen and oxygen atoms in total. The largest absolute Gasteiger partial charge is 0.349 e. The number of nitrogens with zero attached hydrogens (tertiary/aromatic N) is 5. The van der Waals surface area contributed by atoms with Crippen LogP contribution in [0.15, 0.2) is 36.8 Å². The average Bonchev–Trinajstić information content (AvgIpc) is 3.37. The molecule has 1 aliphatic rings. The number of likely N-dealkylation sites (tertiary alicyclic amines) is 1. The predicted octanol–water partition coefficient (Wildman–Crippen LogP) is 3.76. The molecule has 0 unspecified atom stereocenters. The number of aromatic nitrogens is 4. The highest BCUT2D eigenvalue weighted by molar-refractivity contribution is 7.21. The number of rotatable bonds is 4. The third-order valence-corrected chi connectivity index (χ3v) is 7.20. The van der Waals surface area contributed by atoms with Crippen molar-refractivity contribution < 1.29 is 4.79 Å². The van der Waals surface area contributed by atoms with E-state index in [1.54, 1.807) is 23.9 Å². The summed E-state index contributed by atoms with van der Waals surface area (Å²) < 4.78 is 1.99. The number of carbonyl (C=O) groups excluding carboxylic acids is 1. The molecule has 8 heteroatoms. The molecule has 1 saturated heterocycles. The molecule has 1 atom stereocenters. The van der Waals surface area contributed by atoms with Crippen LogP contribution in [0.4, 0.5) is 0 Å². The Hall–Kier alpha value is -2.84. The lowest BCUT2D eigenvalue weighted by Gasteiger charge is -2.29. The molecular formula is C23H26N6OS. The Labute approximate surface area is 185 Å². The van der Waals surface area contributed by atoms with Crippen molar-refractivity contribution >= 4 is 38.6 Å². The maximum atomic E-state index is 12.7. The number of hydrogen-bond acceptors (Lipinski definition) is 6. The minimum Gasteiger partial charge on any atom is -0.349 e. The van der Waals surface area contributed by atoms with Gasteiger partial charge in [0.25, 0.3) is 0 Å². The highest BCUT2D eigenvalue weighted by Gasteiger charge is 2.24. The maximum Gasteiger partial charge on any atom is 0.223 e. The van der Waals surface area contributed by atoms with Crippen molar-refractivity contribution in [2.45, 2.75) is 25.8 Å². The molecule has 0 saturated carbocycles. The molecule has 160 valence electrons. The van der Waals surface area contributed by atoms with Gasteiger partial charge in [-0.1, -0.05) is 29.5 Å². The summed E-state index contributed by atoms with van der Waals surface area (Å²) in [5, 5.41) is 4.14. The zero-order valence-corrected chi connectivity index (χ0v) is 18.8. The number of carbonyl (C=O) groups is 1. The molecule has 4 aromatic rings. The molecule has 1 aliphatic heterocycles. The number of imidazole rings is 1. The lowest BCUT2D eigenvalue weighted by atomic mass is 9.95. The van der Waals surface area contributed by atoms with Gasteiger partial charge in [0.05, 0.1) is 24.1 Å². The van der Waals surface area contributed by atoms with Crippen LogP contribution in [0.1, 0.15) is 31.4 Å². The molecule has 0 radical (unpaired) electrons. The van der Waals surface area contributed by atoms with Crippen LogP contribution in [0.5, 0.6) is 0 Å². The Bertz CT molecular complexity index is 1250. The molecule has 4 heterocycles. The first-order chi connectivity index (χ1) is 15.0. The van der Waals surface area contributed by atoms with Gasteiger partial charge in [0.2, 0.25) is 5.91 Å². The topological polar surface area (TPSA) is 75.9 Å². The van der Waals surface area contributed by atoms with Gasteiger partial charge in [-0.15, -0.1) is 0 Å². The van der Waals surface area contributed by atoms with E-state index in [2.05, 4.69) is 45.4 Å². The fourth-order valence-electron chi connectivity index (χ4n) is 4.25. The van der Waals surface area contributed by atoms with E-state index in [-0.39, 0.29) is 17.9 Å². The van der Waals surface area contributed by atoms with E-state index in [9.17, 15) is 4.79 Å². The molecule has 31 heavy (non-hydrogen) atoms. The molecular weight excluding hydrogens is 408 g/mol. The van der Waals surface area contributed by atoms with E-state index in [1.807, 2.05) is 24.6 Å². The van der Waals surface area contributed by atoms with E-state index in [4.69, 9.17) is 4.98 Å². The van der Waals surface area contributed by atoms with Crippen LogP contribution in [0.25, 0.3) is 32.0 Å². The smallest absolute Gasteiger partial charge is 0.223 e. The number of fused-ring (bicyclic) bond motifs is 3. The number of pyridine rings is 1. The minimum atomic E-state index is -0.0524. The second-order valence-corrected chi connectivity index (χ2v) is 9.43. The normalized spacial score (nSPS) is 16.7. The number of thiazole rings is 1. The van der Waals surface area contributed by atoms with Gasteiger partial charge in [-0.05, 0) is 51.5 Å². The van der Waals surface area contributed by atoms with Crippen molar-refractivity contribution in [1.82, 2.24) is 29.7 Å². The molecule has 0 bridgehead atoms. The number of aryl methyl sites for hydroxylation is 1. The standard InChI is InChI=1S/C23H26N6OS/c1-14(26-21(30)15-7-9-28(2)10-8-15)16-5-4-6-17(11-16)22-27-19-20-18(25-13-29(20)3)12-24-23(19)31-22/h4-6,11-15H,7-10H2,1-3H3,(H,26,30)/t14-/m0/s1. The van der Waals surface area contributed by atoms with Crippen molar-refractivity contribution in [3.63, 3.8) is 0 Å². The number of amides is 1. The Morgan fingerprint density at radius 3 is 2.84 bits per heavy atom. The van der Waals surface area contributed by atoms with Crippen molar-refractivity contribution in [1.29, 1.82) is 0 Å². The third kappa shape index (κ3) is 3.81. The van der Waals surface area contributed by atoms with E-state index in [0.717, 1.165) is 63.4 Å². The SMILES string of the molecule is C[C@H](NC(=O)C1CCN(C)CC1)c1cccc(-c2nc3c(ncc4ncn(C)c43)s2)c1. The summed E-state index contributed by atoms with van der Waals surface area (Å²) in [4.78, 5) is 29.7. The van der Waals surface area contributed by atoms with Crippen LogP contribution in [-0.2, 0) is 11.8 Å². The number of hydrogen-bond donors (Lipinski definition) is 1. The van der Waals surface area contributed by atoms with Crippen molar-refractivity contribution in [3.05, 3.63) is 42.4 Å². The molecule has 5 rings (SSSR count). The number of benzene rings is 1. The zero-order chi connectivity index (χ0) is 21.5. The van der Waals surface area contributed by atoms with Crippen LogP contribution in [0.2, 0.25) is 0 Å². The maximum absolute atomic E-state index is 12.7. The summed E-state index contributed by atoms with van der Waals surface area (Å²) in [6.45, 7) is 4.01. The van der Waals surface area contributed by atoms with Gasteiger partial charge in [-0.25, -0.2) is 15.0 Å². The van der Waals surface area contributed by atoms with Crippen molar-refractivity contribution in [2.75, 3.05) is 20.1 Å². The highest BCUT2D eigenvalue weighted by Crippen LogP contribution is 2.33. The van der Waals surface area contributed by atoms with Gasteiger partial charge in [0.1, 0.15) is 20.9 Å². The molecule has 1 aromatic carbocycles. The first kappa shape index (κ1) is 20.1. The van der Waals surface area contributed by atoms with Crippen LogP contribution in [0.3, 0.4) is 0 Å². The highest BCUT2D eigenvalue weighted by atomic mass is 32.1. The molecule has 1 amide bonds. The third-order valence-electron chi connectivity index (χ3n) is 6.18. The Kier molecular flexibility index (Phi) is 5.19. The van der Waals surface area contributed by atoms with E-state index in [1.165, 1.54) is 0 Å². The van der Waals surface area contributed by atoms with Gasteiger partial charge < -0.3 is 14.8 Å². The second kappa shape index (κ2) is 8.01. The fraction of sp³-hybridized carbons (Fsp3) is 0.391.